The van der Waals surface area contributed by atoms with Crippen molar-refractivity contribution in [3.05, 3.63) is 26.4 Å². The molecule has 0 aliphatic carbocycles. The molecule has 0 saturated heterocycles. The number of pyridine rings is 1. The van der Waals surface area contributed by atoms with Gasteiger partial charge in [0.25, 0.3) is 6.43 Å². The molecule has 1 aromatic heterocycles. The minimum absolute atomic E-state index is 0.118. The quantitative estimate of drug-likeness (QED) is 0.784. The van der Waals surface area contributed by atoms with Crippen LogP contribution in [0.2, 0.25) is 0 Å². The standard InChI is InChI=1S/C7H3Br2F2NO/c8-4-3(2-13)1-12-6(5(4)9)7(10)11/h1-2,7H. The molecule has 6 heteroatoms. The Hall–Kier alpha value is -0.360. The molecule has 1 aromatic rings. The molecule has 0 saturated carbocycles. The number of aldehydes is 1. The molecule has 1 rings (SSSR count). The average Bonchev–Trinajstić information content (AvgIpc) is 2.09. The molecular formula is C7H3Br2F2NO. The molecule has 0 aliphatic rings. The number of rotatable bonds is 2. The maximum atomic E-state index is 12.2. The van der Waals surface area contributed by atoms with Gasteiger partial charge in [0.1, 0.15) is 5.69 Å². The van der Waals surface area contributed by atoms with E-state index in [9.17, 15) is 13.6 Å². The van der Waals surface area contributed by atoms with Gasteiger partial charge in [-0.25, -0.2) is 8.78 Å². The van der Waals surface area contributed by atoms with Gasteiger partial charge in [0.2, 0.25) is 0 Å². The Morgan fingerprint density at radius 3 is 2.46 bits per heavy atom. The van der Waals surface area contributed by atoms with E-state index < -0.39 is 6.43 Å². The van der Waals surface area contributed by atoms with Crippen LogP contribution in [0.25, 0.3) is 0 Å². The van der Waals surface area contributed by atoms with Crippen LogP contribution in [0.1, 0.15) is 22.5 Å². The van der Waals surface area contributed by atoms with Gasteiger partial charge in [0.15, 0.2) is 6.29 Å². The van der Waals surface area contributed by atoms with Crippen molar-refractivity contribution in [1.82, 2.24) is 4.98 Å². The van der Waals surface area contributed by atoms with E-state index in [0.717, 1.165) is 6.20 Å². The van der Waals surface area contributed by atoms with Crippen molar-refractivity contribution >= 4 is 38.1 Å². The minimum atomic E-state index is -2.66. The lowest BCUT2D eigenvalue weighted by Crippen LogP contribution is -1.96. The summed E-state index contributed by atoms with van der Waals surface area (Å²) >= 11 is 5.93. The summed E-state index contributed by atoms with van der Waals surface area (Å²) in [5.41, 5.74) is -0.145. The first-order chi connectivity index (χ1) is 6.07. The highest BCUT2D eigenvalue weighted by Gasteiger charge is 2.17. The topological polar surface area (TPSA) is 30.0 Å². The van der Waals surface area contributed by atoms with Gasteiger partial charge in [-0.2, -0.15) is 0 Å². The summed E-state index contributed by atoms with van der Waals surface area (Å²) in [7, 11) is 0. The zero-order valence-corrected chi connectivity index (χ0v) is 9.27. The lowest BCUT2D eigenvalue weighted by molar-refractivity contribution is 0.112. The SMILES string of the molecule is O=Cc1cnc(C(F)F)c(Br)c1Br. The first-order valence-corrected chi connectivity index (χ1v) is 4.73. The lowest BCUT2D eigenvalue weighted by Gasteiger charge is -2.05. The third kappa shape index (κ3) is 2.11. The summed E-state index contributed by atoms with van der Waals surface area (Å²) in [6.07, 6.45) is -1.02. The Balaban J connectivity index is 3.31. The van der Waals surface area contributed by atoms with Gasteiger partial charge in [-0.05, 0) is 31.9 Å². The van der Waals surface area contributed by atoms with Gasteiger partial charge in [0, 0.05) is 16.2 Å². The van der Waals surface area contributed by atoms with Crippen molar-refractivity contribution < 1.29 is 13.6 Å². The summed E-state index contributed by atoms with van der Waals surface area (Å²) in [5, 5.41) is 0. The molecule has 2 nitrogen and oxygen atoms in total. The van der Waals surface area contributed by atoms with Crippen molar-refractivity contribution in [3.8, 4) is 0 Å². The van der Waals surface area contributed by atoms with Gasteiger partial charge in [0.05, 0.1) is 4.47 Å². The second-order valence-corrected chi connectivity index (χ2v) is 3.73. The van der Waals surface area contributed by atoms with E-state index in [-0.39, 0.29) is 15.7 Å². The van der Waals surface area contributed by atoms with Crippen LogP contribution in [-0.4, -0.2) is 11.3 Å². The summed E-state index contributed by atoms with van der Waals surface area (Å²) < 4.78 is 24.9. The zero-order chi connectivity index (χ0) is 10.0. The number of alkyl halides is 2. The Bertz CT molecular complexity index is 344. The summed E-state index contributed by atoms with van der Waals surface area (Å²) in [4.78, 5) is 13.8. The maximum absolute atomic E-state index is 12.2. The molecule has 0 aromatic carbocycles. The predicted molar refractivity (Wildman–Crippen MR) is 50.0 cm³/mol. The van der Waals surface area contributed by atoms with Crippen LogP contribution in [0.5, 0.6) is 0 Å². The van der Waals surface area contributed by atoms with Gasteiger partial charge in [-0.15, -0.1) is 0 Å². The average molecular weight is 315 g/mol. The monoisotopic (exact) mass is 313 g/mol. The molecule has 1 heterocycles. The molecule has 0 spiro atoms. The second kappa shape index (κ2) is 4.23. The molecule has 0 amide bonds. The Morgan fingerprint density at radius 1 is 1.38 bits per heavy atom. The van der Waals surface area contributed by atoms with E-state index >= 15 is 0 Å². The highest BCUT2D eigenvalue weighted by atomic mass is 79.9. The summed E-state index contributed by atoms with van der Waals surface area (Å²) in [5.74, 6) is 0. The smallest absolute Gasteiger partial charge is 0.281 e. The molecule has 0 unspecified atom stereocenters. The normalized spacial score (nSPS) is 10.5. The van der Waals surface area contributed by atoms with Gasteiger partial charge >= 0.3 is 0 Å². The van der Waals surface area contributed by atoms with E-state index in [2.05, 4.69) is 36.8 Å². The Morgan fingerprint density at radius 2 is 2.00 bits per heavy atom. The van der Waals surface area contributed by atoms with Crippen molar-refractivity contribution in [2.45, 2.75) is 6.43 Å². The van der Waals surface area contributed by atoms with E-state index in [4.69, 9.17) is 0 Å². The van der Waals surface area contributed by atoms with Gasteiger partial charge in [-0.1, -0.05) is 0 Å². The fraction of sp³-hybridized carbons (Fsp3) is 0.143. The lowest BCUT2D eigenvalue weighted by atomic mass is 10.3. The molecule has 0 fully saturated rings. The molecule has 0 radical (unpaired) electrons. The third-order valence-electron chi connectivity index (χ3n) is 1.35. The molecule has 0 atom stereocenters. The van der Waals surface area contributed by atoms with E-state index in [1.54, 1.807) is 0 Å². The number of carbonyl (C=O) groups excluding carboxylic acids is 1. The fourth-order valence-corrected chi connectivity index (χ4v) is 1.63. The zero-order valence-electron chi connectivity index (χ0n) is 6.10. The van der Waals surface area contributed by atoms with Crippen LogP contribution in [0, 0.1) is 0 Å². The van der Waals surface area contributed by atoms with Crippen LogP contribution in [0.15, 0.2) is 15.1 Å². The first kappa shape index (κ1) is 10.7. The highest BCUT2D eigenvalue weighted by molar-refractivity contribution is 9.13. The predicted octanol–water partition coefficient (Wildman–Crippen LogP) is 3.36. The second-order valence-electron chi connectivity index (χ2n) is 2.15. The van der Waals surface area contributed by atoms with Crippen molar-refractivity contribution in [1.29, 1.82) is 0 Å². The van der Waals surface area contributed by atoms with E-state index in [1.165, 1.54) is 0 Å². The number of nitrogens with zero attached hydrogens (tertiary/aromatic N) is 1. The number of carbonyl (C=O) groups is 1. The molecule has 70 valence electrons. The van der Waals surface area contributed by atoms with Crippen LogP contribution in [0.3, 0.4) is 0 Å². The number of halogens is 4. The van der Waals surface area contributed by atoms with Crippen LogP contribution in [0.4, 0.5) is 8.78 Å². The molecular weight excluding hydrogens is 312 g/mol. The summed E-state index contributed by atoms with van der Waals surface area (Å²) in [6.45, 7) is 0. The van der Waals surface area contributed by atoms with Crippen molar-refractivity contribution in [2.24, 2.45) is 0 Å². The van der Waals surface area contributed by atoms with Crippen LogP contribution in [-0.2, 0) is 0 Å². The number of hydrogen-bond acceptors (Lipinski definition) is 2. The molecule has 0 N–H and O–H groups in total. The van der Waals surface area contributed by atoms with Gasteiger partial charge in [-0.3, -0.25) is 9.78 Å². The summed E-state index contributed by atoms with van der Waals surface area (Å²) in [6, 6.07) is 0. The van der Waals surface area contributed by atoms with E-state index in [0.29, 0.717) is 10.8 Å². The molecule has 0 aliphatic heterocycles. The maximum Gasteiger partial charge on any atom is 0.281 e. The van der Waals surface area contributed by atoms with Crippen molar-refractivity contribution in [2.75, 3.05) is 0 Å². The van der Waals surface area contributed by atoms with E-state index in [1.807, 2.05) is 0 Å². The number of aromatic nitrogens is 1. The van der Waals surface area contributed by atoms with Gasteiger partial charge < -0.3 is 0 Å². The fourth-order valence-electron chi connectivity index (χ4n) is 0.726. The third-order valence-corrected chi connectivity index (χ3v) is 3.54. The van der Waals surface area contributed by atoms with Crippen LogP contribution >= 0.6 is 31.9 Å². The molecule has 13 heavy (non-hydrogen) atoms. The van der Waals surface area contributed by atoms with Crippen molar-refractivity contribution in [3.63, 3.8) is 0 Å². The minimum Gasteiger partial charge on any atom is -0.298 e. The Kier molecular flexibility index (Phi) is 3.49. The molecule has 0 bridgehead atoms. The van der Waals surface area contributed by atoms with Crippen LogP contribution < -0.4 is 0 Å². The Labute approximate surface area is 89.6 Å². The number of hydrogen-bond donors (Lipinski definition) is 0. The largest absolute Gasteiger partial charge is 0.298 e. The highest BCUT2D eigenvalue weighted by Crippen LogP contribution is 2.32. The first-order valence-electron chi connectivity index (χ1n) is 3.15.